The fourth-order valence-electron chi connectivity index (χ4n) is 3.42. The molecule has 0 radical (unpaired) electrons. The van der Waals surface area contributed by atoms with E-state index in [1.807, 2.05) is 0 Å². The zero-order chi connectivity index (χ0) is 26.5. The van der Waals surface area contributed by atoms with Crippen LogP contribution in [0.3, 0.4) is 0 Å². The van der Waals surface area contributed by atoms with Crippen molar-refractivity contribution in [3.05, 3.63) is 70.5 Å². The van der Waals surface area contributed by atoms with E-state index in [2.05, 4.69) is 26.0 Å². The number of rotatable bonds is 7. The number of nitrogens with one attached hydrogen (secondary N) is 2. The molecule has 0 bridgehead atoms. The number of benzene rings is 2. The van der Waals surface area contributed by atoms with E-state index in [0.717, 1.165) is 10.6 Å². The Kier molecular flexibility index (Phi) is 7.68. The number of hydrogen-bond acceptors (Lipinski definition) is 8. The monoisotopic (exact) mass is 528 g/mol. The van der Waals surface area contributed by atoms with Crippen molar-refractivity contribution in [3.63, 3.8) is 0 Å². The van der Waals surface area contributed by atoms with Crippen LogP contribution in [0, 0.1) is 12.7 Å². The lowest BCUT2D eigenvalue weighted by atomic mass is 9.97. The summed E-state index contributed by atoms with van der Waals surface area (Å²) < 4.78 is 29.6. The van der Waals surface area contributed by atoms with E-state index in [4.69, 9.17) is 25.4 Å². The molecular weight excluding hydrogens is 507 g/mol. The first kappa shape index (κ1) is 25.6. The molecule has 0 aliphatic heterocycles. The second-order valence-electron chi connectivity index (χ2n) is 7.72. The van der Waals surface area contributed by atoms with Crippen molar-refractivity contribution in [2.24, 2.45) is 0 Å². The Morgan fingerprint density at radius 2 is 1.89 bits per heavy atom. The largest absolute Gasteiger partial charge is 0.479 e. The molecule has 13 heteroatoms. The van der Waals surface area contributed by atoms with E-state index in [1.165, 1.54) is 19.2 Å². The summed E-state index contributed by atoms with van der Waals surface area (Å²) in [5.74, 6) is -0.779. The van der Waals surface area contributed by atoms with Gasteiger partial charge >= 0.3 is 11.9 Å². The zero-order valence-electron chi connectivity index (χ0n) is 20.0. The molecule has 192 valence electrons. The van der Waals surface area contributed by atoms with Gasteiger partial charge in [-0.2, -0.15) is 4.98 Å². The van der Waals surface area contributed by atoms with Crippen LogP contribution in [0.5, 0.6) is 5.88 Å². The van der Waals surface area contributed by atoms with Gasteiger partial charge in [0.2, 0.25) is 17.5 Å². The van der Waals surface area contributed by atoms with E-state index in [-0.39, 0.29) is 41.1 Å². The van der Waals surface area contributed by atoms with Gasteiger partial charge in [0.15, 0.2) is 0 Å². The quantitative estimate of drug-likeness (QED) is 0.337. The molecule has 0 aliphatic rings. The van der Waals surface area contributed by atoms with Crippen molar-refractivity contribution in [2.45, 2.75) is 20.4 Å². The highest BCUT2D eigenvalue weighted by molar-refractivity contribution is 6.31. The second-order valence-corrected chi connectivity index (χ2v) is 8.16. The number of amides is 3. The molecule has 2 heterocycles. The van der Waals surface area contributed by atoms with Crippen molar-refractivity contribution in [1.82, 2.24) is 31.0 Å². The molecule has 0 fully saturated rings. The molecule has 4 aromatic rings. The summed E-state index contributed by atoms with van der Waals surface area (Å²) in [6, 6.07) is 10.7. The first-order valence-electron chi connectivity index (χ1n) is 11.0. The normalized spacial score (nSPS) is 10.7. The molecule has 11 nitrogen and oxygen atoms in total. The number of aryl methyl sites for hydroxylation is 1. The number of ether oxygens (including phenoxy) is 1. The number of carbonyl (C=O) groups excluding carboxylic acids is 2. The summed E-state index contributed by atoms with van der Waals surface area (Å²) >= 11 is 6.11. The molecule has 4 rings (SSSR count). The summed E-state index contributed by atoms with van der Waals surface area (Å²) in [7, 11) is 1.39. The topological polar surface area (TPSA) is 136 Å². The summed E-state index contributed by atoms with van der Waals surface area (Å²) in [5.41, 5.74) is 4.53. The van der Waals surface area contributed by atoms with Crippen molar-refractivity contribution >= 4 is 23.5 Å². The molecule has 37 heavy (non-hydrogen) atoms. The molecule has 0 saturated carbocycles. The highest BCUT2D eigenvalue weighted by Crippen LogP contribution is 2.35. The highest BCUT2D eigenvalue weighted by atomic mass is 35.5. The van der Waals surface area contributed by atoms with E-state index in [9.17, 15) is 14.0 Å². The fraction of sp³-hybridized carbons (Fsp3) is 0.208. The van der Waals surface area contributed by atoms with Crippen molar-refractivity contribution < 1.29 is 27.8 Å². The molecule has 0 spiro atoms. The lowest BCUT2D eigenvalue weighted by Crippen LogP contribution is -2.50. The Morgan fingerprint density at radius 1 is 1.14 bits per heavy atom. The van der Waals surface area contributed by atoms with Crippen LogP contribution < -0.4 is 15.5 Å². The van der Waals surface area contributed by atoms with Crippen molar-refractivity contribution in [2.75, 3.05) is 13.7 Å². The number of methoxy groups -OCH3 is 1. The van der Waals surface area contributed by atoms with Gasteiger partial charge in [-0.25, -0.2) is 14.2 Å². The lowest BCUT2D eigenvalue weighted by Gasteiger charge is -2.21. The van der Waals surface area contributed by atoms with Gasteiger partial charge in [-0.1, -0.05) is 41.0 Å². The smallest absolute Gasteiger partial charge is 0.336 e. The van der Waals surface area contributed by atoms with Gasteiger partial charge < -0.3 is 19.1 Å². The van der Waals surface area contributed by atoms with Crippen LogP contribution in [0.1, 0.15) is 28.9 Å². The van der Waals surface area contributed by atoms with Gasteiger partial charge in [-0.3, -0.25) is 10.2 Å². The van der Waals surface area contributed by atoms with Gasteiger partial charge in [-0.05, 0) is 40.9 Å². The van der Waals surface area contributed by atoms with Crippen LogP contribution in [0.25, 0.3) is 22.5 Å². The third kappa shape index (κ3) is 5.86. The Balaban J connectivity index is 1.44. The maximum Gasteiger partial charge on any atom is 0.336 e. The van der Waals surface area contributed by atoms with Crippen molar-refractivity contribution in [3.8, 4) is 28.4 Å². The highest BCUT2D eigenvalue weighted by Gasteiger charge is 2.21. The van der Waals surface area contributed by atoms with Crippen LogP contribution in [-0.4, -0.2) is 45.9 Å². The van der Waals surface area contributed by atoms with Crippen molar-refractivity contribution in [1.29, 1.82) is 0 Å². The third-order valence-corrected chi connectivity index (χ3v) is 5.45. The number of aromatic nitrogens is 3. The minimum absolute atomic E-state index is 0.105. The molecule has 2 aromatic carbocycles. The van der Waals surface area contributed by atoms with Crippen LogP contribution in [0.2, 0.25) is 5.02 Å². The minimum Gasteiger partial charge on any atom is -0.479 e. The number of hydrazine groups is 1. The average Bonchev–Trinajstić information content (AvgIpc) is 3.54. The predicted molar refractivity (Wildman–Crippen MR) is 130 cm³/mol. The van der Waals surface area contributed by atoms with E-state index in [1.54, 1.807) is 44.2 Å². The molecule has 0 atom stereocenters. The second kappa shape index (κ2) is 11.1. The Bertz CT molecular complexity index is 1420. The number of urea groups is 1. The van der Waals surface area contributed by atoms with Gasteiger partial charge in [0.1, 0.15) is 5.82 Å². The fourth-order valence-corrected chi connectivity index (χ4v) is 3.62. The van der Waals surface area contributed by atoms with Gasteiger partial charge in [0, 0.05) is 25.0 Å². The summed E-state index contributed by atoms with van der Waals surface area (Å²) in [5, 5.41) is 11.4. The SMILES string of the molecule is CCN(NC(=O)c1cc(OC)no1)C(=O)NCc1ccc(-c2cc(Cl)cc(F)c2-c2noc(C)n2)cc1. The first-order chi connectivity index (χ1) is 17.8. The Morgan fingerprint density at radius 3 is 2.51 bits per heavy atom. The molecule has 0 saturated heterocycles. The minimum atomic E-state index is -0.654. The lowest BCUT2D eigenvalue weighted by molar-refractivity contribution is 0.0794. The molecule has 2 aromatic heterocycles. The molecular formula is C24H22ClFN6O5. The van der Waals surface area contributed by atoms with Crippen LogP contribution in [-0.2, 0) is 6.54 Å². The van der Waals surface area contributed by atoms with E-state index >= 15 is 0 Å². The molecule has 0 unspecified atom stereocenters. The van der Waals surface area contributed by atoms with Gasteiger partial charge in [0.05, 0.1) is 18.7 Å². The van der Waals surface area contributed by atoms with Crippen LogP contribution in [0.4, 0.5) is 9.18 Å². The van der Waals surface area contributed by atoms with E-state index < -0.39 is 17.8 Å². The summed E-state index contributed by atoms with van der Waals surface area (Å²) in [6.07, 6.45) is 0. The third-order valence-electron chi connectivity index (χ3n) is 5.23. The standard InChI is InChI=1S/C24H22ClFN6O5/c1-4-32(29-23(33)19-11-20(35-3)30-37-19)24(34)27-12-14-5-7-15(8-6-14)17-9-16(25)10-18(26)21(17)22-28-13(2)36-31-22/h5-11H,4,12H2,1-3H3,(H,27,34)(H,29,33). The Hall–Kier alpha value is -4.45. The maximum atomic E-state index is 14.8. The van der Waals surface area contributed by atoms with Gasteiger partial charge in [-0.15, -0.1) is 0 Å². The number of nitrogens with zero attached hydrogens (tertiary/aromatic N) is 4. The van der Waals surface area contributed by atoms with E-state index in [0.29, 0.717) is 17.0 Å². The maximum absolute atomic E-state index is 14.8. The molecule has 3 amide bonds. The van der Waals surface area contributed by atoms with Crippen LogP contribution >= 0.6 is 11.6 Å². The number of halogens is 2. The summed E-state index contributed by atoms with van der Waals surface area (Å²) in [6.45, 7) is 3.68. The molecule has 0 aliphatic carbocycles. The summed E-state index contributed by atoms with van der Waals surface area (Å²) in [4.78, 5) is 29.0. The van der Waals surface area contributed by atoms with Gasteiger partial charge in [0.25, 0.3) is 5.88 Å². The molecule has 2 N–H and O–H groups in total. The van der Waals surface area contributed by atoms with Crippen LogP contribution in [0.15, 0.2) is 51.5 Å². The number of carbonyl (C=O) groups is 2. The number of hydrogen-bond donors (Lipinski definition) is 2. The zero-order valence-corrected chi connectivity index (χ0v) is 20.8. The predicted octanol–water partition coefficient (Wildman–Crippen LogP) is 4.38. The first-order valence-corrected chi connectivity index (χ1v) is 11.4. The average molecular weight is 529 g/mol. The Labute approximate surface area is 215 Å².